The summed E-state index contributed by atoms with van der Waals surface area (Å²) in [6.45, 7) is 1.12. The quantitative estimate of drug-likeness (QED) is 0.738. The summed E-state index contributed by atoms with van der Waals surface area (Å²) in [5.74, 6) is 3.42. The van der Waals surface area contributed by atoms with E-state index in [2.05, 4.69) is 28.8 Å². The van der Waals surface area contributed by atoms with Gasteiger partial charge in [0.1, 0.15) is 5.69 Å². The number of aromatic nitrogens is 1. The lowest BCUT2D eigenvalue weighted by Gasteiger charge is -2.19. The Kier molecular flexibility index (Phi) is 3.40. The van der Waals surface area contributed by atoms with Crippen LogP contribution in [0.25, 0.3) is 0 Å². The third kappa shape index (κ3) is 2.83. The zero-order valence-corrected chi connectivity index (χ0v) is 9.68. The van der Waals surface area contributed by atoms with Crippen molar-refractivity contribution in [2.75, 3.05) is 13.6 Å². The van der Waals surface area contributed by atoms with Gasteiger partial charge in [-0.3, -0.25) is 4.90 Å². The molecular weight excluding hydrogens is 216 g/mol. The molecule has 17 heavy (non-hydrogen) atoms. The molecule has 2 heterocycles. The minimum Gasteiger partial charge on any atom is -0.472 e. The van der Waals surface area contributed by atoms with E-state index < -0.39 is 5.97 Å². The van der Waals surface area contributed by atoms with Crippen molar-refractivity contribution in [1.82, 2.24) is 9.88 Å². The highest BCUT2D eigenvalue weighted by Crippen LogP contribution is 2.29. The monoisotopic (exact) mass is 230 g/mol. The van der Waals surface area contributed by atoms with Gasteiger partial charge in [0.05, 0.1) is 0 Å². The van der Waals surface area contributed by atoms with Crippen LogP contribution in [0.5, 0.6) is 0 Å². The summed E-state index contributed by atoms with van der Waals surface area (Å²) in [5.41, 5.74) is 1.67. The number of likely N-dealkylation sites (tertiary alicyclic amines) is 1. The molecule has 1 unspecified atom stereocenters. The number of carboxylic acids is 1. The molecule has 4 heteroatoms. The molecule has 0 spiro atoms. The molecule has 1 aromatic rings. The van der Waals surface area contributed by atoms with E-state index in [4.69, 9.17) is 5.11 Å². The molecule has 0 saturated carbocycles. The Bertz CT molecular complexity index is 470. The fourth-order valence-electron chi connectivity index (χ4n) is 2.13. The number of carboxylic acid groups (broad SMARTS) is 1. The van der Waals surface area contributed by atoms with Crippen molar-refractivity contribution in [3.63, 3.8) is 0 Å². The molecule has 1 aliphatic heterocycles. The Morgan fingerprint density at radius 3 is 2.94 bits per heavy atom. The SMILES string of the molecule is CN1CCCC1c1ccc(C#CC(=O)O)nc1. The lowest BCUT2D eigenvalue weighted by Crippen LogP contribution is -2.17. The molecule has 0 aliphatic carbocycles. The Hall–Kier alpha value is -1.86. The third-order valence-corrected chi connectivity index (χ3v) is 2.99. The highest BCUT2D eigenvalue weighted by molar-refractivity contribution is 5.87. The van der Waals surface area contributed by atoms with Crippen molar-refractivity contribution in [3.05, 3.63) is 29.6 Å². The van der Waals surface area contributed by atoms with Gasteiger partial charge in [-0.2, -0.15) is 0 Å². The van der Waals surface area contributed by atoms with Gasteiger partial charge in [-0.15, -0.1) is 0 Å². The third-order valence-electron chi connectivity index (χ3n) is 2.99. The standard InChI is InChI=1S/C13H14N2O2/c1-15-8-2-3-12(15)10-4-5-11(14-9-10)6-7-13(16)17/h4-5,9,12H,2-3,8H2,1H3,(H,16,17). The number of aliphatic carboxylic acids is 1. The van der Waals surface area contributed by atoms with Crippen molar-refractivity contribution in [1.29, 1.82) is 0 Å². The molecule has 1 N–H and O–H groups in total. The van der Waals surface area contributed by atoms with Gasteiger partial charge >= 0.3 is 5.97 Å². The average molecular weight is 230 g/mol. The molecule has 88 valence electrons. The minimum absolute atomic E-state index is 0.434. The van der Waals surface area contributed by atoms with E-state index in [1.165, 1.54) is 12.0 Å². The molecule has 1 saturated heterocycles. The maximum Gasteiger partial charge on any atom is 0.382 e. The number of hydrogen-bond acceptors (Lipinski definition) is 3. The highest BCUT2D eigenvalue weighted by Gasteiger charge is 2.22. The summed E-state index contributed by atoms with van der Waals surface area (Å²) < 4.78 is 0. The fraction of sp³-hybridized carbons (Fsp3) is 0.385. The van der Waals surface area contributed by atoms with Crippen LogP contribution < -0.4 is 0 Å². The summed E-state index contributed by atoms with van der Waals surface area (Å²) in [5, 5.41) is 8.43. The Morgan fingerprint density at radius 2 is 2.41 bits per heavy atom. The second kappa shape index (κ2) is 4.98. The predicted molar refractivity (Wildman–Crippen MR) is 63.4 cm³/mol. The van der Waals surface area contributed by atoms with Crippen LogP contribution in [0, 0.1) is 11.8 Å². The lowest BCUT2D eigenvalue weighted by molar-refractivity contribution is -0.130. The molecule has 4 nitrogen and oxygen atoms in total. The minimum atomic E-state index is -1.13. The first-order valence-corrected chi connectivity index (χ1v) is 5.58. The van der Waals surface area contributed by atoms with Crippen LogP contribution in [-0.2, 0) is 4.79 Å². The van der Waals surface area contributed by atoms with Crippen LogP contribution in [0.15, 0.2) is 18.3 Å². The second-order valence-electron chi connectivity index (χ2n) is 4.17. The molecular formula is C13H14N2O2. The summed E-state index contributed by atoms with van der Waals surface area (Å²) in [4.78, 5) is 16.8. The normalized spacial score (nSPS) is 19.7. The second-order valence-corrected chi connectivity index (χ2v) is 4.17. The van der Waals surface area contributed by atoms with E-state index in [0.717, 1.165) is 13.0 Å². The van der Waals surface area contributed by atoms with E-state index >= 15 is 0 Å². The Labute approximate surface area is 100 Å². The first kappa shape index (κ1) is 11.6. The molecule has 0 radical (unpaired) electrons. The van der Waals surface area contributed by atoms with Crippen molar-refractivity contribution < 1.29 is 9.90 Å². The first-order chi connectivity index (χ1) is 8.16. The maximum absolute atomic E-state index is 10.3. The van der Waals surface area contributed by atoms with E-state index in [9.17, 15) is 4.79 Å². The van der Waals surface area contributed by atoms with Gasteiger partial charge in [0, 0.05) is 18.2 Å². The topological polar surface area (TPSA) is 53.4 Å². The highest BCUT2D eigenvalue weighted by atomic mass is 16.4. The molecule has 1 atom stereocenters. The number of pyridine rings is 1. The van der Waals surface area contributed by atoms with Crippen LogP contribution in [0.1, 0.15) is 30.1 Å². The fourth-order valence-corrected chi connectivity index (χ4v) is 2.13. The summed E-state index contributed by atoms with van der Waals surface area (Å²) in [6, 6.07) is 4.19. The lowest BCUT2D eigenvalue weighted by atomic mass is 10.1. The van der Waals surface area contributed by atoms with Crippen LogP contribution in [-0.4, -0.2) is 34.6 Å². The van der Waals surface area contributed by atoms with Crippen molar-refractivity contribution >= 4 is 5.97 Å². The van der Waals surface area contributed by atoms with Crippen molar-refractivity contribution in [2.24, 2.45) is 0 Å². The average Bonchev–Trinajstić information content (AvgIpc) is 2.73. The van der Waals surface area contributed by atoms with Gasteiger partial charge in [-0.1, -0.05) is 6.07 Å². The summed E-state index contributed by atoms with van der Waals surface area (Å²) in [6.07, 6.45) is 4.15. The number of carbonyl (C=O) groups is 1. The van der Waals surface area contributed by atoms with Gasteiger partial charge in [-0.05, 0) is 44.0 Å². The molecule has 0 bridgehead atoms. The van der Waals surface area contributed by atoms with Gasteiger partial charge in [0.25, 0.3) is 0 Å². The maximum atomic E-state index is 10.3. The van der Waals surface area contributed by atoms with E-state index in [0.29, 0.717) is 11.7 Å². The van der Waals surface area contributed by atoms with Crippen LogP contribution in [0.2, 0.25) is 0 Å². The molecule has 2 rings (SSSR count). The molecule has 1 aromatic heterocycles. The van der Waals surface area contributed by atoms with Crippen LogP contribution >= 0.6 is 0 Å². The van der Waals surface area contributed by atoms with E-state index in [-0.39, 0.29) is 0 Å². The van der Waals surface area contributed by atoms with Gasteiger partial charge < -0.3 is 5.11 Å². The van der Waals surface area contributed by atoms with Gasteiger partial charge in [-0.25, -0.2) is 9.78 Å². The smallest absolute Gasteiger partial charge is 0.382 e. The molecule has 1 fully saturated rings. The van der Waals surface area contributed by atoms with E-state index in [1.807, 2.05) is 6.07 Å². The molecule has 0 aromatic carbocycles. The van der Waals surface area contributed by atoms with Crippen LogP contribution in [0.3, 0.4) is 0 Å². The Morgan fingerprint density at radius 1 is 1.59 bits per heavy atom. The molecule has 1 aliphatic rings. The van der Waals surface area contributed by atoms with E-state index in [1.54, 1.807) is 12.3 Å². The summed E-state index contributed by atoms with van der Waals surface area (Å²) >= 11 is 0. The zero-order chi connectivity index (χ0) is 12.3. The number of hydrogen-bond donors (Lipinski definition) is 1. The Balaban J connectivity index is 2.13. The number of rotatable bonds is 1. The number of nitrogens with zero attached hydrogens (tertiary/aromatic N) is 2. The predicted octanol–water partition coefficient (Wildman–Crippen LogP) is 1.28. The van der Waals surface area contributed by atoms with Crippen molar-refractivity contribution in [2.45, 2.75) is 18.9 Å². The van der Waals surface area contributed by atoms with Gasteiger partial charge in [0.15, 0.2) is 0 Å². The largest absolute Gasteiger partial charge is 0.472 e. The first-order valence-electron chi connectivity index (χ1n) is 5.58. The van der Waals surface area contributed by atoms with Crippen molar-refractivity contribution in [3.8, 4) is 11.8 Å². The van der Waals surface area contributed by atoms with Crippen LogP contribution in [0.4, 0.5) is 0 Å². The van der Waals surface area contributed by atoms with Gasteiger partial charge in [0.2, 0.25) is 0 Å². The zero-order valence-electron chi connectivity index (χ0n) is 9.68. The molecule has 0 amide bonds. The summed E-state index contributed by atoms with van der Waals surface area (Å²) in [7, 11) is 2.11.